The van der Waals surface area contributed by atoms with E-state index in [9.17, 15) is 0 Å². The first-order valence-corrected chi connectivity index (χ1v) is 6.65. The van der Waals surface area contributed by atoms with Gasteiger partial charge in [-0.05, 0) is 5.56 Å². The Hall–Kier alpha value is -2.89. The van der Waals surface area contributed by atoms with Gasteiger partial charge in [0.25, 0.3) is 0 Å². The van der Waals surface area contributed by atoms with Gasteiger partial charge in [0.05, 0.1) is 6.33 Å². The van der Waals surface area contributed by atoms with Gasteiger partial charge in [0, 0.05) is 13.1 Å². The molecule has 0 amide bonds. The Labute approximate surface area is 122 Å². The molecule has 0 aliphatic carbocycles. The highest BCUT2D eigenvalue weighted by Gasteiger charge is 2.10. The number of allylic oxidation sites excluding steroid dienone is 1. The van der Waals surface area contributed by atoms with Crippen molar-refractivity contribution in [3.8, 4) is 0 Å². The number of hydrogen-bond acceptors (Lipinski definition) is 5. The molecule has 0 radical (unpaired) electrons. The van der Waals surface area contributed by atoms with E-state index < -0.39 is 0 Å². The fourth-order valence-corrected chi connectivity index (χ4v) is 2.09. The van der Waals surface area contributed by atoms with Crippen LogP contribution in [0.15, 0.2) is 49.3 Å². The lowest BCUT2D eigenvalue weighted by Crippen LogP contribution is -2.07. The third-order valence-corrected chi connectivity index (χ3v) is 3.11. The third-order valence-electron chi connectivity index (χ3n) is 3.11. The van der Waals surface area contributed by atoms with Crippen LogP contribution in [0, 0.1) is 0 Å². The van der Waals surface area contributed by atoms with Gasteiger partial charge < -0.3 is 15.6 Å². The van der Waals surface area contributed by atoms with Crippen LogP contribution in [0.5, 0.6) is 0 Å². The first kappa shape index (κ1) is 13.1. The van der Waals surface area contributed by atoms with Crippen LogP contribution in [0.3, 0.4) is 0 Å². The highest BCUT2D eigenvalue weighted by Crippen LogP contribution is 2.18. The molecule has 3 N–H and O–H groups in total. The monoisotopic (exact) mass is 280 g/mol. The average molecular weight is 280 g/mol. The van der Waals surface area contributed by atoms with Gasteiger partial charge in [0.1, 0.15) is 5.52 Å². The van der Waals surface area contributed by atoms with Crippen molar-refractivity contribution in [1.82, 2.24) is 19.5 Å². The van der Waals surface area contributed by atoms with Gasteiger partial charge in [-0.3, -0.25) is 0 Å². The number of nitrogen functional groups attached to an aromatic ring is 1. The number of fused-ring (bicyclic) bond motifs is 1. The largest absolute Gasteiger partial charge is 0.382 e. The zero-order chi connectivity index (χ0) is 14.7. The van der Waals surface area contributed by atoms with Crippen molar-refractivity contribution in [2.45, 2.75) is 13.1 Å². The molecule has 0 aliphatic heterocycles. The van der Waals surface area contributed by atoms with E-state index in [0.29, 0.717) is 36.0 Å². The van der Waals surface area contributed by atoms with E-state index in [1.54, 1.807) is 12.4 Å². The van der Waals surface area contributed by atoms with E-state index >= 15 is 0 Å². The number of aromatic nitrogens is 4. The normalized spacial score (nSPS) is 10.7. The summed E-state index contributed by atoms with van der Waals surface area (Å²) in [6.45, 7) is 4.99. The fraction of sp³-hybridized carbons (Fsp3) is 0.133. The molecular weight excluding hydrogens is 264 g/mol. The molecule has 0 bridgehead atoms. The predicted octanol–water partition coefficient (Wildman–Crippen LogP) is 2.21. The molecule has 0 saturated heterocycles. The summed E-state index contributed by atoms with van der Waals surface area (Å²) in [4.78, 5) is 13.0. The van der Waals surface area contributed by atoms with Gasteiger partial charge in [-0.25, -0.2) is 4.98 Å². The van der Waals surface area contributed by atoms with Crippen LogP contribution in [0.25, 0.3) is 11.2 Å². The molecule has 0 unspecified atom stereocenters. The van der Waals surface area contributed by atoms with E-state index in [1.807, 2.05) is 34.9 Å². The maximum Gasteiger partial charge on any atom is 0.227 e. The van der Waals surface area contributed by atoms with Crippen molar-refractivity contribution >= 4 is 22.9 Å². The van der Waals surface area contributed by atoms with Crippen LogP contribution in [0.4, 0.5) is 11.8 Å². The first-order valence-electron chi connectivity index (χ1n) is 6.65. The molecule has 2 aromatic heterocycles. The lowest BCUT2D eigenvalue weighted by Gasteiger charge is -2.07. The molecule has 0 fully saturated rings. The first-order chi connectivity index (χ1) is 10.3. The van der Waals surface area contributed by atoms with E-state index in [-0.39, 0.29) is 0 Å². The van der Waals surface area contributed by atoms with Crippen LogP contribution in [-0.4, -0.2) is 19.5 Å². The van der Waals surface area contributed by atoms with Crippen molar-refractivity contribution in [2.24, 2.45) is 0 Å². The van der Waals surface area contributed by atoms with Crippen LogP contribution in [0.1, 0.15) is 5.56 Å². The van der Waals surface area contributed by atoms with Crippen LogP contribution in [-0.2, 0) is 13.1 Å². The highest BCUT2D eigenvalue weighted by molar-refractivity contribution is 5.82. The van der Waals surface area contributed by atoms with Crippen molar-refractivity contribution < 1.29 is 0 Å². The van der Waals surface area contributed by atoms with Gasteiger partial charge in [-0.15, -0.1) is 6.58 Å². The standard InChI is InChI=1S/C15H16N6/c1-2-8-21-10-18-12-13(16)19-15(20-14(12)21)17-9-11-6-4-3-5-7-11/h2-7,10H,1,8-9H2,(H3,16,17,19,20). The van der Waals surface area contributed by atoms with Crippen molar-refractivity contribution in [1.29, 1.82) is 0 Å². The van der Waals surface area contributed by atoms with E-state index in [2.05, 4.69) is 26.8 Å². The molecule has 0 spiro atoms. The minimum atomic E-state index is 0.373. The molecule has 0 atom stereocenters. The number of imidazole rings is 1. The van der Waals surface area contributed by atoms with Gasteiger partial charge in [-0.1, -0.05) is 36.4 Å². The molecule has 6 heteroatoms. The van der Waals surface area contributed by atoms with Gasteiger partial charge in [0.15, 0.2) is 11.5 Å². The average Bonchev–Trinajstić information content (AvgIpc) is 2.90. The molecule has 6 nitrogen and oxygen atoms in total. The highest BCUT2D eigenvalue weighted by atomic mass is 15.2. The summed E-state index contributed by atoms with van der Waals surface area (Å²) in [5.41, 5.74) is 8.41. The van der Waals surface area contributed by atoms with Crippen LogP contribution >= 0.6 is 0 Å². The molecule has 3 rings (SSSR count). The minimum Gasteiger partial charge on any atom is -0.382 e. The van der Waals surface area contributed by atoms with Gasteiger partial charge in [0.2, 0.25) is 5.95 Å². The second-order valence-corrected chi connectivity index (χ2v) is 4.63. The fourth-order valence-electron chi connectivity index (χ4n) is 2.09. The summed E-state index contributed by atoms with van der Waals surface area (Å²) >= 11 is 0. The second kappa shape index (κ2) is 5.62. The predicted molar refractivity (Wildman–Crippen MR) is 83.7 cm³/mol. The number of rotatable bonds is 5. The smallest absolute Gasteiger partial charge is 0.227 e. The lowest BCUT2D eigenvalue weighted by atomic mass is 10.2. The zero-order valence-electron chi connectivity index (χ0n) is 11.5. The Morgan fingerprint density at radius 2 is 2.05 bits per heavy atom. The SMILES string of the molecule is C=CCn1cnc2c(N)nc(NCc3ccccc3)nc21. The molecule has 0 saturated carbocycles. The second-order valence-electron chi connectivity index (χ2n) is 4.63. The van der Waals surface area contributed by atoms with Crippen molar-refractivity contribution in [3.05, 3.63) is 54.9 Å². The summed E-state index contributed by atoms with van der Waals surface area (Å²) in [6.07, 6.45) is 3.48. The van der Waals surface area contributed by atoms with Crippen LogP contribution in [0.2, 0.25) is 0 Å². The maximum absolute atomic E-state index is 5.94. The van der Waals surface area contributed by atoms with Gasteiger partial charge >= 0.3 is 0 Å². The minimum absolute atomic E-state index is 0.373. The van der Waals surface area contributed by atoms with Crippen molar-refractivity contribution in [3.63, 3.8) is 0 Å². The van der Waals surface area contributed by atoms with Gasteiger partial charge in [-0.2, -0.15) is 9.97 Å². The molecular formula is C15H16N6. The number of anilines is 2. The number of benzene rings is 1. The zero-order valence-corrected chi connectivity index (χ0v) is 11.5. The number of nitrogens with two attached hydrogens (primary N) is 1. The van der Waals surface area contributed by atoms with E-state index in [4.69, 9.17) is 5.73 Å². The van der Waals surface area contributed by atoms with Crippen molar-refractivity contribution in [2.75, 3.05) is 11.1 Å². The number of nitrogens with zero attached hydrogens (tertiary/aromatic N) is 4. The third kappa shape index (κ3) is 2.69. The number of nitrogens with one attached hydrogen (secondary N) is 1. The molecule has 2 heterocycles. The summed E-state index contributed by atoms with van der Waals surface area (Å²) in [7, 11) is 0. The Bertz CT molecular complexity index is 762. The summed E-state index contributed by atoms with van der Waals surface area (Å²) in [5, 5.41) is 3.18. The molecule has 21 heavy (non-hydrogen) atoms. The maximum atomic E-state index is 5.94. The Morgan fingerprint density at radius 1 is 1.24 bits per heavy atom. The Kier molecular flexibility index (Phi) is 3.51. The Morgan fingerprint density at radius 3 is 2.81 bits per heavy atom. The summed E-state index contributed by atoms with van der Waals surface area (Å²) < 4.78 is 1.88. The summed E-state index contributed by atoms with van der Waals surface area (Å²) in [5.74, 6) is 0.869. The quantitative estimate of drug-likeness (QED) is 0.700. The lowest BCUT2D eigenvalue weighted by molar-refractivity contribution is 0.838. The summed E-state index contributed by atoms with van der Waals surface area (Å²) in [6, 6.07) is 10.1. The topological polar surface area (TPSA) is 81.7 Å². The molecule has 0 aliphatic rings. The molecule has 3 aromatic rings. The molecule has 1 aromatic carbocycles. The van der Waals surface area contributed by atoms with E-state index in [1.165, 1.54) is 0 Å². The Balaban J connectivity index is 1.88. The number of hydrogen-bond donors (Lipinski definition) is 2. The molecule has 106 valence electrons. The van der Waals surface area contributed by atoms with E-state index in [0.717, 1.165) is 5.56 Å². The van der Waals surface area contributed by atoms with Crippen LogP contribution < -0.4 is 11.1 Å².